The van der Waals surface area contributed by atoms with Gasteiger partial charge in [0.1, 0.15) is 10.7 Å². The summed E-state index contributed by atoms with van der Waals surface area (Å²) in [6.07, 6.45) is 2.91. The molecule has 8 heteroatoms. The fraction of sp³-hybridized carbons (Fsp3) is 0.154. The van der Waals surface area contributed by atoms with Crippen LogP contribution in [0.4, 0.5) is 10.1 Å². The fourth-order valence-corrected chi connectivity index (χ4v) is 3.65. The van der Waals surface area contributed by atoms with Crippen LogP contribution < -0.4 is 10.5 Å². The van der Waals surface area contributed by atoms with Crippen molar-refractivity contribution in [1.82, 2.24) is 4.98 Å². The summed E-state index contributed by atoms with van der Waals surface area (Å²) in [4.78, 5) is 3.39. The molecular formula is C13H13BrFN3O2S. The molecule has 0 fully saturated rings. The minimum atomic E-state index is -4.07. The van der Waals surface area contributed by atoms with Gasteiger partial charge >= 0.3 is 0 Å². The fourth-order valence-electron chi connectivity index (χ4n) is 1.73. The van der Waals surface area contributed by atoms with E-state index >= 15 is 0 Å². The second-order valence-corrected chi connectivity index (χ2v) is 6.94. The Morgan fingerprint density at radius 1 is 1.43 bits per heavy atom. The molecule has 0 aliphatic rings. The van der Waals surface area contributed by atoms with Crippen molar-refractivity contribution in [3.05, 3.63) is 52.0 Å². The number of halogens is 2. The highest BCUT2D eigenvalue weighted by atomic mass is 79.9. The van der Waals surface area contributed by atoms with Gasteiger partial charge in [0.25, 0.3) is 10.0 Å². The van der Waals surface area contributed by atoms with Gasteiger partial charge in [0.05, 0.1) is 11.9 Å². The van der Waals surface area contributed by atoms with Crippen LogP contribution >= 0.6 is 15.9 Å². The average Bonchev–Trinajstić information content (AvgIpc) is 2.43. The molecule has 0 unspecified atom stereocenters. The van der Waals surface area contributed by atoms with E-state index in [2.05, 4.69) is 25.6 Å². The van der Waals surface area contributed by atoms with Crippen molar-refractivity contribution in [1.29, 1.82) is 0 Å². The molecule has 21 heavy (non-hydrogen) atoms. The number of pyridine rings is 1. The van der Waals surface area contributed by atoms with Crippen LogP contribution in [0.25, 0.3) is 0 Å². The molecule has 2 aromatic rings. The molecule has 0 spiro atoms. The number of nitrogens with zero attached hydrogens (tertiary/aromatic N) is 1. The Morgan fingerprint density at radius 2 is 2.14 bits per heavy atom. The SMILES string of the molecule is Cc1ccncc1NS(=O)(=O)c1cc(Br)cc(CN)c1F. The summed E-state index contributed by atoms with van der Waals surface area (Å²) >= 11 is 3.15. The third kappa shape index (κ3) is 3.39. The van der Waals surface area contributed by atoms with Crippen molar-refractivity contribution in [2.24, 2.45) is 5.73 Å². The van der Waals surface area contributed by atoms with Gasteiger partial charge in [-0.2, -0.15) is 0 Å². The Bertz CT molecular complexity index is 781. The first kappa shape index (κ1) is 15.9. The maximum atomic E-state index is 14.2. The van der Waals surface area contributed by atoms with Crippen molar-refractivity contribution < 1.29 is 12.8 Å². The molecule has 0 aliphatic carbocycles. The number of nitrogens with one attached hydrogen (secondary N) is 1. The molecule has 0 atom stereocenters. The molecule has 112 valence electrons. The Kier molecular flexibility index (Phi) is 4.60. The molecule has 1 aromatic heterocycles. The van der Waals surface area contributed by atoms with Crippen LogP contribution in [0.1, 0.15) is 11.1 Å². The van der Waals surface area contributed by atoms with Crippen molar-refractivity contribution in [2.75, 3.05) is 4.72 Å². The van der Waals surface area contributed by atoms with E-state index in [4.69, 9.17) is 5.73 Å². The molecule has 1 aromatic carbocycles. The summed E-state index contributed by atoms with van der Waals surface area (Å²) < 4.78 is 41.7. The third-order valence-corrected chi connectivity index (χ3v) is 4.69. The number of nitrogens with two attached hydrogens (primary N) is 1. The van der Waals surface area contributed by atoms with Crippen LogP contribution in [-0.4, -0.2) is 13.4 Å². The van der Waals surface area contributed by atoms with Crippen molar-refractivity contribution in [3.8, 4) is 0 Å². The van der Waals surface area contributed by atoms with Crippen LogP contribution in [-0.2, 0) is 16.6 Å². The smallest absolute Gasteiger partial charge is 0.264 e. The number of rotatable bonds is 4. The van der Waals surface area contributed by atoms with E-state index in [0.717, 1.165) is 0 Å². The lowest BCUT2D eigenvalue weighted by Crippen LogP contribution is -2.17. The normalized spacial score (nSPS) is 11.4. The number of hydrogen-bond donors (Lipinski definition) is 2. The molecule has 2 rings (SSSR count). The zero-order valence-electron chi connectivity index (χ0n) is 11.1. The molecule has 1 heterocycles. The average molecular weight is 374 g/mol. The molecule has 0 aliphatic heterocycles. The highest BCUT2D eigenvalue weighted by Gasteiger charge is 2.22. The maximum absolute atomic E-state index is 14.2. The van der Waals surface area contributed by atoms with Gasteiger partial charge in [0.2, 0.25) is 0 Å². The third-order valence-electron chi connectivity index (χ3n) is 2.87. The second kappa shape index (κ2) is 6.08. The van der Waals surface area contributed by atoms with E-state index in [1.165, 1.54) is 18.3 Å². The lowest BCUT2D eigenvalue weighted by Gasteiger charge is -2.12. The Labute approximate surface area is 130 Å². The Morgan fingerprint density at radius 3 is 2.76 bits per heavy atom. The molecule has 0 saturated heterocycles. The van der Waals surface area contributed by atoms with E-state index < -0.39 is 20.7 Å². The highest BCUT2D eigenvalue weighted by Crippen LogP contribution is 2.26. The van der Waals surface area contributed by atoms with Gasteiger partial charge in [0, 0.05) is 22.8 Å². The summed E-state index contributed by atoms with van der Waals surface area (Å²) in [6.45, 7) is 1.63. The quantitative estimate of drug-likeness (QED) is 0.862. The summed E-state index contributed by atoms with van der Waals surface area (Å²) in [6, 6.07) is 4.30. The molecule has 0 saturated carbocycles. The number of sulfonamides is 1. The molecule has 0 amide bonds. The topological polar surface area (TPSA) is 85.1 Å². The summed E-state index contributed by atoms with van der Waals surface area (Å²) in [5.74, 6) is -0.852. The first-order valence-electron chi connectivity index (χ1n) is 5.96. The lowest BCUT2D eigenvalue weighted by molar-refractivity contribution is 0.560. The standard InChI is InChI=1S/C13H13BrFN3O2S/c1-8-2-3-17-7-11(8)18-21(19,20)12-5-10(14)4-9(6-16)13(12)15/h2-5,7,18H,6,16H2,1H3. The molecule has 5 nitrogen and oxygen atoms in total. The predicted octanol–water partition coefficient (Wildman–Crippen LogP) is 2.55. The first-order valence-corrected chi connectivity index (χ1v) is 8.24. The van der Waals surface area contributed by atoms with Crippen LogP contribution in [0, 0.1) is 12.7 Å². The van der Waals surface area contributed by atoms with Gasteiger partial charge in [-0.15, -0.1) is 0 Å². The number of benzene rings is 1. The molecule has 0 bridgehead atoms. The molecular weight excluding hydrogens is 361 g/mol. The van der Waals surface area contributed by atoms with E-state index in [9.17, 15) is 12.8 Å². The number of aryl methyl sites for hydroxylation is 1. The van der Waals surface area contributed by atoms with Crippen molar-refractivity contribution in [3.63, 3.8) is 0 Å². The second-order valence-electron chi connectivity index (χ2n) is 4.38. The largest absolute Gasteiger partial charge is 0.326 e. The summed E-state index contributed by atoms with van der Waals surface area (Å²) in [5, 5.41) is 0. The summed E-state index contributed by atoms with van der Waals surface area (Å²) in [7, 11) is -4.07. The monoisotopic (exact) mass is 373 g/mol. The maximum Gasteiger partial charge on any atom is 0.264 e. The highest BCUT2D eigenvalue weighted by molar-refractivity contribution is 9.10. The Balaban J connectivity index is 2.50. The van der Waals surface area contributed by atoms with Gasteiger partial charge in [-0.05, 0) is 30.7 Å². The van der Waals surface area contributed by atoms with Crippen molar-refractivity contribution in [2.45, 2.75) is 18.4 Å². The predicted molar refractivity (Wildman–Crippen MR) is 81.8 cm³/mol. The minimum absolute atomic E-state index is 0.0975. The lowest BCUT2D eigenvalue weighted by atomic mass is 10.2. The first-order chi connectivity index (χ1) is 9.85. The van der Waals surface area contributed by atoms with E-state index in [0.29, 0.717) is 15.7 Å². The van der Waals surface area contributed by atoms with Gasteiger partial charge in [0.15, 0.2) is 0 Å². The number of anilines is 1. The van der Waals surface area contributed by atoms with E-state index in [1.807, 2.05) is 0 Å². The van der Waals surface area contributed by atoms with Gasteiger partial charge in [-0.25, -0.2) is 12.8 Å². The van der Waals surface area contributed by atoms with Crippen LogP contribution in [0.2, 0.25) is 0 Å². The zero-order chi connectivity index (χ0) is 15.6. The van der Waals surface area contributed by atoms with Crippen LogP contribution in [0.5, 0.6) is 0 Å². The zero-order valence-corrected chi connectivity index (χ0v) is 13.5. The number of aromatic nitrogens is 1. The number of hydrogen-bond acceptors (Lipinski definition) is 4. The minimum Gasteiger partial charge on any atom is -0.326 e. The van der Waals surface area contributed by atoms with E-state index in [-0.39, 0.29) is 12.1 Å². The summed E-state index contributed by atoms with van der Waals surface area (Å²) in [5.41, 5.74) is 6.52. The van der Waals surface area contributed by atoms with Crippen molar-refractivity contribution >= 4 is 31.6 Å². The van der Waals surface area contributed by atoms with Crippen LogP contribution in [0.3, 0.4) is 0 Å². The molecule has 3 N–H and O–H groups in total. The van der Waals surface area contributed by atoms with E-state index in [1.54, 1.807) is 19.2 Å². The van der Waals surface area contributed by atoms with Gasteiger partial charge in [-0.1, -0.05) is 15.9 Å². The Hall–Kier alpha value is -1.51. The van der Waals surface area contributed by atoms with Gasteiger partial charge in [-0.3, -0.25) is 9.71 Å². The molecule has 0 radical (unpaired) electrons. The van der Waals surface area contributed by atoms with Crippen LogP contribution in [0.15, 0.2) is 40.0 Å². The van der Waals surface area contributed by atoms with Gasteiger partial charge < -0.3 is 5.73 Å².